The van der Waals surface area contributed by atoms with Crippen LogP contribution in [-0.2, 0) is 9.53 Å². The molecule has 3 fully saturated rings. The van der Waals surface area contributed by atoms with Crippen LogP contribution in [0, 0.1) is 0 Å². The third-order valence-electron chi connectivity index (χ3n) is 6.38. The number of nitrogens with zero attached hydrogens (tertiary/aromatic N) is 4. The van der Waals surface area contributed by atoms with Crippen LogP contribution in [0.15, 0.2) is 58.2 Å². The van der Waals surface area contributed by atoms with Gasteiger partial charge in [-0.05, 0) is 61.2 Å². The van der Waals surface area contributed by atoms with E-state index < -0.39 is 11.3 Å². The third-order valence-corrected chi connectivity index (χ3v) is 7.91. The van der Waals surface area contributed by atoms with Crippen molar-refractivity contribution in [2.45, 2.75) is 29.1 Å². The summed E-state index contributed by atoms with van der Waals surface area (Å²) in [5.74, 6) is 0.0124. The Morgan fingerprint density at radius 3 is 2.48 bits per heavy atom. The standard InChI is InChI=1S/C22H25BrN4O3S/c23-17-1-3-19(4-2-17)31-26-13-20(29)27-14-21(30-22(27,15-26)16-28)7-11-25(12-8-21)18-5-9-24-10-6-18/h1-6,9-10,28H,7-8,11-16H2. The van der Waals surface area contributed by atoms with Gasteiger partial charge in [0, 0.05) is 40.5 Å². The molecule has 0 saturated carbocycles. The number of halogens is 1. The molecule has 4 heterocycles. The molecule has 0 radical (unpaired) electrons. The number of amides is 1. The van der Waals surface area contributed by atoms with Gasteiger partial charge >= 0.3 is 0 Å². The predicted molar refractivity (Wildman–Crippen MR) is 123 cm³/mol. The maximum absolute atomic E-state index is 13.1. The van der Waals surface area contributed by atoms with Crippen LogP contribution in [-0.4, -0.2) is 75.9 Å². The van der Waals surface area contributed by atoms with E-state index in [0.717, 1.165) is 41.0 Å². The molecule has 1 atom stereocenters. The number of ether oxygens (including phenoxy) is 1. The van der Waals surface area contributed by atoms with Crippen molar-refractivity contribution in [2.75, 3.05) is 44.2 Å². The van der Waals surface area contributed by atoms with Gasteiger partial charge in [-0.2, -0.15) is 0 Å². The van der Waals surface area contributed by atoms with Gasteiger partial charge in [-0.15, -0.1) is 0 Å². The Labute approximate surface area is 194 Å². The molecule has 9 heteroatoms. The Kier molecular flexibility index (Phi) is 5.72. The molecule has 1 spiro atoms. The number of anilines is 1. The first-order chi connectivity index (χ1) is 15.0. The maximum Gasteiger partial charge on any atom is 0.240 e. The molecular weight excluding hydrogens is 480 g/mol. The van der Waals surface area contributed by atoms with Crippen LogP contribution in [0.1, 0.15) is 12.8 Å². The number of hydrogen-bond acceptors (Lipinski definition) is 7. The smallest absolute Gasteiger partial charge is 0.240 e. The molecular formula is C22H25BrN4O3S. The lowest BCUT2D eigenvalue weighted by Gasteiger charge is -2.44. The van der Waals surface area contributed by atoms with Gasteiger partial charge in [0.1, 0.15) is 0 Å². The van der Waals surface area contributed by atoms with Gasteiger partial charge in [0.25, 0.3) is 0 Å². The van der Waals surface area contributed by atoms with Gasteiger partial charge in [-0.3, -0.25) is 9.78 Å². The minimum Gasteiger partial charge on any atom is -0.391 e. The van der Waals surface area contributed by atoms with Crippen molar-refractivity contribution in [2.24, 2.45) is 0 Å². The van der Waals surface area contributed by atoms with Gasteiger partial charge in [-0.1, -0.05) is 15.9 Å². The summed E-state index contributed by atoms with van der Waals surface area (Å²) in [4.78, 5) is 22.3. The first-order valence-electron chi connectivity index (χ1n) is 10.5. The van der Waals surface area contributed by atoms with Crippen molar-refractivity contribution >= 4 is 39.5 Å². The molecule has 31 heavy (non-hydrogen) atoms. The van der Waals surface area contributed by atoms with E-state index in [0.29, 0.717) is 19.6 Å². The Morgan fingerprint density at radius 2 is 1.81 bits per heavy atom. The van der Waals surface area contributed by atoms with Gasteiger partial charge in [-0.25, -0.2) is 4.31 Å². The summed E-state index contributed by atoms with van der Waals surface area (Å²) in [5.41, 5.74) is -0.220. The van der Waals surface area contributed by atoms with E-state index in [2.05, 4.69) is 25.8 Å². The molecule has 7 nitrogen and oxygen atoms in total. The molecule has 2 aromatic rings. The first-order valence-corrected chi connectivity index (χ1v) is 12.0. The fourth-order valence-electron chi connectivity index (χ4n) is 4.79. The van der Waals surface area contributed by atoms with E-state index >= 15 is 0 Å². The van der Waals surface area contributed by atoms with Crippen molar-refractivity contribution in [3.05, 3.63) is 53.3 Å². The number of aliphatic hydroxyl groups excluding tert-OH is 1. The Hall–Kier alpha value is -1.65. The monoisotopic (exact) mass is 504 g/mol. The van der Waals surface area contributed by atoms with Crippen LogP contribution in [0.3, 0.4) is 0 Å². The number of fused-ring (bicyclic) bond motifs is 1. The van der Waals surface area contributed by atoms with Gasteiger partial charge in [0.05, 0.1) is 31.8 Å². The largest absolute Gasteiger partial charge is 0.391 e. The fraction of sp³-hybridized carbons (Fsp3) is 0.455. The van der Waals surface area contributed by atoms with Crippen LogP contribution in [0.5, 0.6) is 0 Å². The zero-order valence-corrected chi connectivity index (χ0v) is 19.5. The average molecular weight is 505 g/mol. The van der Waals surface area contributed by atoms with Crippen LogP contribution < -0.4 is 4.90 Å². The van der Waals surface area contributed by atoms with Crippen LogP contribution in [0.4, 0.5) is 5.69 Å². The van der Waals surface area contributed by atoms with Crippen LogP contribution in [0.25, 0.3) is 0 Å². The summed E-state index contributed by atoms with van der Waals surface area (Å²) in [6.45, 7) is 2.84. The van der Waals surface area contributed by atoms with Gasteiger partial charge in [0.15, 0.2) is 5.72 Å². The predicted octanol–water partition coefficient (Wildman–Crippen LogP) is 2.75. The molecule has 5 rings (SSSR count). The molecule has 0 bridgehead atoms. The summed E-state index contributed by atoms with van der Waals surface area (Å²) in [5, 5.41) is 10.4. The zero-order chi connectivity index (χ0) is 21.5. The number of carbonyl (C=O) groups excluding carboxylic acids is 1. The highest BCUT2D eigenvalue weighted by Crippen LogP contribution is 2.44. The molecule has 3 saturated heterocycles. The van der Waals surface area contributed by atoms with E-state index in [1.54, 1.807) is 4.90 Å². The normalized spacial score (nSPS) is 25.8. The van der Waals surface area contributed by atoms with E-state index in [-0.39, 0.29) is 12.5 Å². The number of piperazine rings is 1. The summed E-state index contributed by atoms with van der Waals surface area (Å²) in [6, 6.07) is 12.0. The van der Waals surface area contributed by atoms with Crippen LogP contribution in [0.2, 0.25) is 0 Å². The molecule has 1 amide bonds. The molecule has 1 aromatic heterocycles. The lowest BCUT2D eigenvalue weighted by atomic mass is 9.91. The molecule has 0 aliphatic carbocycles. The second-order valence-electron chi connectivity index (χ2n) is 8.40. The number of rotatable bonds is 4. The quantitative estimate of drug-likeness (QED) is 0.641. The summed E-state index contributed by atoms with van der Waals surface area (Å²) >= 11 is 4.99. The van der Waals surface area contributed by atoms with Crippen molar-refractivity contribution in [3.63, 3.8) is 0 Å². The lowest BCUT2D eigenvalue weighted by molar-refractivity contribution is -0.190. The zero-order valence-electron chi connectivity index (χ0n) is 17.1. The Morgan fingerprint density at radius 1 is 1.10 bits per heavy atom. The number of aromatic nitrogens is 1. The minimum absolute atomic E-state index is 0.0124. The number of hydrogen-bond donors (Lipinski definition) is 1. The van der Waals surface area contributed by atoms with Crippen molar-refractivity contribution in [3.8, 4) is 0 Å². The van der Waals surface area contributed by atoms with E-state index in [9.17, 15) is 9.90 Å². The Bertz CT molecular complexity index is 940. The summed E-state index contributed by atoms with van der Waals surface area (Å²) in [7, 11) is 0. The van der Waals surface area contributed by atoms with Crippen molar-refractivity contribution < 1.29 is 14.6 Å². The topological polar surface area (TPSA) is 69.1 Å². The van der Waals surface area contributed by atoms with Gasteiger partial charge < -0.3 is 19.6 Å². The average Bonchev–Trinajstić information content (AvgIpc) is 3.11. The van der Waals surface area contributed by atoms with E-state index in [1.807, 2.05) is 53.1 Å². The highest BCUT2D eigenvalue weighted by Gasteiger charge is 2.59. The molecule has 1 unspecified atom stereocenters. The number of pyridine rings is 1. The molecule has 1 aromatic carbocycles. The second kappa shape index (κ2) is 8.37. The molecule has 3 aliphatic rings. The number of benzene rings is 1. The second-order valence-corrected chi connectivity index (χ2v) is 10.5. The van der Waals surface area contributed by atoms with Crippen LogP contribution >= 0.6 is 27.9 Å². The molecule has 164 valence electrons. The number of aliphatic hydroxyl groups is 1. The van der Waals surface area contributed by atoms with E-state index in [1.165, 1.54) is 11.9 Å². The number of piperidine rings is 1. The lowest BCUT2D eigenvalue weighted by Crippen LogP contribution is -2.63. The van der Waals surface area contributed by atoms with Crippen molar-refractivity contribution in [1.82, 2.24) is 14.2 Å². The Balaban J connectivity index is 1.30. The highest BCUT2D eigenvalue weighted by atomic mass is 79.9. The van der Waals surface area contributed by atoms with Crippen molar-refractivity contribution in [1.29, 1.82) is 0 Å². The number of carbonyl (C=O) groups is 1. The SMILES string of the molecule is O=C1CN(Sc2ccc(Br)cc2)CC2(CO)OC3(CCN(c4ccncc4)CC3)CN12. The summed E-state index contributed by atoms with van der Waals surface area (Å²) < 4.78 is 9.65. The minimum atomic E-state index is -0.976. The molecule has 3 aliphatic heterocycles. The van der Waals surface area contributed by atoms with Gasteiger partial charge in [0.2, 0.25) is 5.91 Å². The van der Waals surface area contributed by atoms with E-state index in [4.69, 9.17) is 4.74 Å². The fourth-order valence-corrected chi connectivity index (χ4v) is 6.05. The highest BCUT2D eigenvalue weighted by molar-refractivity contribution is 9.10. The first kappa shape index (κ1) is 21.2. The maximum atomic E-state index is 13.1. The molecule has 1 N–H and O–H groups in total. The third kappa shape index (κ3) is 4.09. The summed E-state index contributed by atoms with van der Waals surface area (Å²) in [6.07, 6.45) is 5.26.